The number of rotatable bonds is 5. The number of azide groups is 1. The van der Waals surface area contributed by atoms with E-state index in [2.05, 4.69) is 14.8 Å². The van der Waals surface area contributed by atoms with Crippen molar-refractivity contribution in [3.05, 3.63) is 32.3 Å². The van der Waals surface area contributed by atoms with E-state index < -0.39 is 0 Å². The molecule has 0 aromatic carbocycles. The number of aryl methyl sites for hydroxylation is 1. The van der Waals surface area contributed by atoms with E-state index in [0.29, 0.717) is 11.4 Å². The van der Waals surface area contributed by atoms with Crippen LogP contribution in [0.25, 0.3) is 10.4 Å². The monoisotopic (exact) mass is 225 g/mol. The molecule has 0 amide bonds. The van der Waals surface area contributed by atoms with E-state index in [1.807, 2.05) is 6.07 Å². The highest BCUT2D eigenvalue weighted by molar-refractivity contribution is 7.13. The molecular weight excluding hydrogens is 214 g/mol. The van der Waals surface area contributed by atoms with Crippen LogP contribution in [0.15, 0.2) is 17.2 Å². The third kappa shape index (κ3) is 3.61. The summed E-state index contributed by atoms with van der Waals surface area (Å²) in [6.07, 6.45) is 1.62. The Morgan fingerprint density at radius 3 is 3.13 bits per heavy atom. The van der Waals surface area contributed by atoms with Crippen LogP contribution in [0.2, 0.25) is 0 Å². The normalized spacial score (nSPS) is 9.40. The Hall–Kier alpha value is -1.52. The lowest BCUT2D eigenvalue weighted by atomic mass is 10.2. The Balaban J connectivity index is 2.46. The molecule has 0 saturated carbocycles. The van der Waals surface area contributed by atoms with Gasteiger partial charge in [-0.05, 0) is 30.5 Å². The predicted molar refractivity (Wildman–Crippen MR) is 58.0 cm³/mol. The first-order chi connectivity index (χ1) is 7.27. The summed E-state index contributed by atoms with van der Waals surface area (Å²) in [4.78, 5) is 15.5. The molecule has 0 aliphatic carbocycles. The highest BCUT2D eigenvalue weighted by Gasteiger charge is 2.08. The molecule has 0 spiro atoms. The number of methoxy groups -OCH3 is 1. The molecule has 0 N–H and O–H groups in total. The maximum atomic E-state index is 11.1. The van der Waals surface area contributed by atoms with Gasteiger partial charge in [-0.3, -0.25) is 0 Å². The summed E-state index contributed by atoms with van der Waals surface area (Å²) in [5, 5.41) is 3.44. The van der Waals surface area contributed by atoms with Crippen molar-refractivity contribution in [3.63, 3.8) is 0 Å². The van der Waals surface area contributed by atoms with Crippen LogP contribution in [-0.4, -0.2) is 19.6 Å². The highest BCUT2D eigenvalue weighted by Crippen LogP contribution is 2.18. The summed E-state index contributed by atoms with van der Waals surface area (Å²) in [6, 6.07) is 3.65. The van der Waals surface area contributed by atoms with Crippen LogP contribution in [0.1, 0.15) is 21.0 Å². The van der Waals surface area contributed by atoms with Crippen LogP contribution in [0.3, 0.4) is 0 Å². The van der Waals surface area contributed by atoms with Gasteiger partial charge in [0.1, 0.15) is 4.88 Å². The van der Waals surface area contributed by atoms with E-state index in [4.69, 9.17) is 5.53 Å². The van der Waals surface area contributed by atoms with E-state index in [1.165, 1.54) is 18.4 Å². The van der Waals surface area contributed by atoms with Gasteiger partial charge in [0.15, 0.2) is 0 Å². The first-order valence-electron chi connectivity index (χ1n) is 4.46. The van der Waals surface area contributed by atoms with Crippen LogP contribution in [0, 0.1) is 0 Å². The molecular formula is C9H11N3O2S. The topological polar surface area (TPSA) is 75.1 Å². The lowest BCUT2D eigenvalue weighted by molar-refractivity contribution is 0.0606. The maximum Gasteiger partial charge on any atom is 0.348 e. The van der Waals surface area contributed by atoms with Crippen molar-refractivity contribution in [2.75, 3.05) is 13.7 Å². The minimum atomic E-state index is -0.304. The number of thiophene rings is 1. The van der Waals surface area contributed by atoms with Gasteiger partial charge in [0.2, 0.25) is 0 Å². The zero-order valence-corrected chi connectivity index (χ0v) is 9.16. The van der Waals surface area contributed by atoms with Crippen LogP contribution >= 0.6 is 11.3 Å². The van der Waals surface area contributed by atoms with Gasteiger partial charge >= 0.3 is 5.97 Å². The molecule has 5 nitrogen and oxygen atoms in total. The molecule has 1 heterocycles. The fraction of sp³-hybridized carbons (Fsp3) is 0.444. The Bertz CT molecular complexity index is 382. The van der Waals surface area contributed by atoms with Crippen molar-refractivity contribution in [1.82, 2.24) is 0 Å². The zero-order chi connectivity index (χ0) is 11.1. The van der Waals surface area contributed by atoms with Gasteiger partial charge in [0, 0.05) is 16.3 Å². The van der Waals surface area contributed by atoms with Crippen molar-refractivity contribution >= 4 is 17.3 Å². The fourth-order valence-electron chi connectivity index (χ4n) is 1.09. The fourth-order valence-corrected chi connectivity index (χ4v) is 2.06. The molecule has 0 bridgehead atoms. The Morgan fingerprint density at radius 1 is 1.67 bits per heavy atom. The number of hydrogen-bond acceptors (Lipinski definition) is 4. The molecule has 6 heteroatoms. The lowest BCUT2D eigenvalue weighted by Crippen LogP contribution is -1.96. The van der Waals surface area contributed by atoms with Crippen LogP contribution in [-0.2, 0) is 11.2 Å². The van der Waals surface area contributed by atoms with Crippen LogP contribution < -0.4 is 0 Å². The molecule has 0 atom stereocenters. The molecule has 0 aliphatic heterocycles. The van der Waals surface area contributed by atoms with Crippen molar-refractivity contribution in [2.45, 2.75) is 12.8 Å². The van der Waals surface area contributed by atoms with E-state index >= 15 is 0 Å². The molecule has 80 valence electrons. The summed E-state index contributed by atoms with van der Waals surface area (Å²) in [5.74, 6) is -0.304. The summed E-state index contributed by atoms with van der Waals surface area (Å²) in [5.41, 5.74) is 8.07. The van der Waals surface area contributed by atoms with Crippen molar-refractivity contribution < 1.29 is 9.53 Å². The average molecular weight is 225 g/mol. The van der Waals surface area contributed by atoms with E-state index in [-0.39, 0.29) is 5.97 Å². The molecule has 0 saturated heterocycles. The molecule has 15 heavy (non-hydrogen) atoms. The molecule has 1 rings (SSSR count). The number of carbonyl (C=O) groups excluding carboxylic acids is 1. The minimum absolute atomic E-state index is 0.304. The second-order valence-corrected chi connectivity index (χ2v) is 3.98. The van der Waals surface area contributed by atoms with Crippen LogP contribution in [0.5, 0.6) is 0 Å². The third-order valence-electron chi connectivity index (χ3n) is 1.79. The lowest BCUT2D eigenvalue weighted by Gasteiger charge is -1.93. The van der Waals surface area contributed by atoms with Crippen LogP contribution in [0.4, 0.5) is 0 Å². The molecule has 1 aromatic heterocycles. The van der Waals surface area contributed by atoms with Crippen molar-refractivity contribution in [3.8, 4) is 0 Å². The zero-order valence-electron chi connectivity index (χ0n) is 8.34. The van der Waals surface area contributed by atoms with E-state index in [0.717, 1.165) is 17.7 Å². The molecule has 0 fully saturated rings. The highest BCUT2D eigenvalue weighted by atomic mass is 32.1. The first kappa shape index (κ1) is 11.6. The Kier molecular flexibility index (Phi) is 4.66. The number of hydrogen-bond donors (Lipinski definition) is 0. The van der Waals surface area contributed by atoms with Gasteiger partial charge in [-0.1, -0.05) is 5.11 Å². The summed E-state index contributed by atoms with van der Waals surface area (Å²) in [6.45, 7) is 0.488. The maximum absolute atomic E-state index is 11.1. The van der Waals surface area contributed by atoms with Gasteiger partial charge in [0.05, 0.1) is 7.11 Å². The molecule has 1 aromatic rings. The summed E-state index contributed by atoms with van der Waals surface area (Å²) in [7, 11) is 1.36. The van der Waals surface area contributed by atoms with Crippen molar-refractivity contribution in [1.29, 1.82) is 0 Å². The van der Waals surface area contributed by atoms with E-state index in [9.17, 15) is 4.79 Å². The summed E-state index contributed by atoms with van der Waals surface area (Å²) >= 11 is 1.41. The van der Waals surface area contributed by atoms with Gasteiger partial charge < -0.3 is 4.74 Å². The number of ether oxygens (including phenoxy) is 1. The van der Waals surface area contributed by atoms with Crippen molar-refractivity contribution in [2.24, 2.45) is 5.11 Å². The van der Waals surface area contributed by atoms with Gasteiger partial charge in [-0.25, -0.2) is 4.79 Å². The SMILES string of the molecule is COC(=O)c1ccc(CCCN=[N+]=[N-])s1. The third-order valence-corrected chi connectivity index (χ3v) is 2.92. The number of esters is 1. The van der Waals surface area contributed by atoms with Gasteiger partial charge in [0.25, 0.3) is 0 Å². The number of carbonyl (C=O) groups is 1. The first-order valence-corrected chi connectivity index (χ1v) is 5.27. The van der Waals surface area contributed by atoms with E-state index in [1.54, 1.807) is 6.07 Å². The Labute approximate surface area is 91.3 Å². The largest absolute Gasteiger partial charge is 0.465 e. The summed E-state index contributed by atoms with van der Waals surface area (Å²) < 4.78 is 4.60. The predicted octanol–water partition coefficient (Wildman–Crippen LogP) is 2.78. The minimum Gasteiger partial charge on any atom is -0.465 e. The number of nitrogens with zero attached hydrogens (tertiary/aromatic N) is 3. The molecule has 0 radical (unpaired) electrons. The van der Waals surface area contributed by atoms with Gasteiger partial charge in [-0.2, -0.15) is 0 Å². The standard InChI is InChI=1S/C9H11N3O2S/c1-14-9(13)8-5-4-7(15-8)3-2-6-11-12-10/h4-5H,2-3,6H2,1H3. The molecule has 0 aliphatic rings. The Morgan fingerprint density at radius 2 is 2.47 bits per heavy atom. The second kappa shape index (κ2) is 6.06. The average Bonchev–Trinajstić information content (AvgIpc) is 2.72. The quantitative estimate of drug-likeness (QED) is 0.254. The second-order valence-electron chi connectivity index (χ2n) is 2.82. The molecule has 0 unspecified atom stereocenters. The van der Waals surface area contributed by atoms with Gasteiger partial charge in [-0.15, -0.1) is 11.3 Å². The smallest absolute Gasteiger partial charge is 0.348 e.